The number of non-ortho nitro benzene ring substituents is 1. The topological polar surface area (TPSA) is 143 Å². The Morgan fingerprint density at radius 2 is 1.77 bits per heavy atom. The Hall–Kier alpha value is -3.64. The second-order valence-corrected chi connectivity index (χ2v) is 10.6. The smallest absolute Gasteiger partial charge is 0.336 e. The number of rotatable bonds is 11. The molecular formula is C31H40Cl2N4O7. The first-order chi connectivity index (χ1) is 20.1. The van der Waals surface area contributed by atoms with Gasteiger partial charge in [0.1, 0.15) is 5.75 Å². The predicted molar refractivity (Wildman–Crippen MR) is 171 cm³/mol. The number of para-hydroxylation sites is 1. The Morgan fingerprint density at radius 3 is 2.43 bits per heavy atom. The second-order valence-electron chi connectivity index (χ2n) is 10.6. The maximum Gasteiger partial charge on any atom is 0.336 e. The van der Waals surface area contributed by atoms with Crippen LogP contribution in [0.3, 0.4) is 0 Å². The van der Waals surface area contributed by atoms with E-state index in [9.17, 15) is 24.8 Å². The van der Waals surface area contributed by atoms with Crippen molar-refractivity contribution in [3.05, 3.63) is 92.3 Å². The highest BCUT2D eigenvalue weighted by molar-refractivity contribution is 6.01. The summed E-state index contributed by atoms with van der Waals surface area (Å²) in [6.07, 6.45) is 1.49. The highest BCUT2D eigenvalue weighted by Gasteiger charge is 2.50. The van der Waals surface area contributed by atoms with Crippen molar-refractivity contribution in [1.29, 1.82) is 0 Å². The lowest BCUT2D eigenvalue weighted by molar-refractivity contribution is -0.385. The summed E-state index contributed by atoms with van der Waals surface area (Å²) < 4.78 is 10.8. The maximum atomic E-state index is 13.3. The first-order valence-electron chi connectivity index (χ1n) is 14.0. The molecule has 0 spiro atoms. The number of carbonyl (C=O) groups excluding carboxylic acids is 1. The van der Waals surface area contributed by atoms with Crippen LogP contribution in [0, 0.1) is 10.1 Å². The molecule has 2 aliphatic heterocycles. The van der Waals surface area contributed by atoms with Gasteiger partial charge in [0.15, 0.2) is 0 Å². The number of halogens is 2. The number of ether oxygens (including phenoxy) is 2. The zero-order valence-corrected chi connectivity index (χ0v) is 26.9. The van der Waals surface area contributed by atoms with Gasteiger partial charge in [-0.05, 0) is 44.9 Å². The number of nitro groups is 1. The number of esters is 1. The van der Waals surface area contributed by atoms with E-state index in [1.54, 1.807) is 27.0 Å². The molecule has 4 rings (SSSR count). The molecule has 2 unspecified atom stereocenters. The Kier molecular flexibility index (Phi) is 13.2. The third-order valence-corrected chi connectivity index (χ3v) is 8.23. The molecule has 2 aromatic rings. The number of allylic oxidation sites excluding steroid dienone is 2. The van der Waals surface area contributed by atoms with Gasteiger partial charge in [0.05, 0.1) is 41.7 Å². The van der Waals surface area contributed by atoms with Gasteiger partial charge in [-0.3, -0.25) is 15.0 Å². The summed E-state index contributed by atoms with van der Waals surface area (Å²) in [4.78, 5) is 39.7. The number of aliphatic carboxylic acids is 1. The fourth-order valence-electron chi connectivity index (χ4n) is 6.48. The quantitative estimate of drug-likeness (QED) is 0.133. The average Bonchev–Trinajstić information content (AvgIpc) is 2.98. The van der Waals surface area contributed by atoms with E-state index in [0.717, 1.165) is 37.5 Å². The third-order valence-electron chi connectivity index (χ3n) is 8.23. The molecule has 240 valence electrons. The van der Waals surface area contributed by atoms with E-state index >= 15 is 0 Å². The molecule has 0 saturated carbocycles. The van der Waals surface area contributed by atoms with Gasteiger partial charge in [-0.1, -0.05) is 36.8 Å². The van der Waals surface area contributed by atoms with Crippen LogP contribution in [0.15, 0.2) is 71.1 Å². The molecule has 0 aliphatic carbocycles. The molecule has 3 N–H and O–H groups in total. The van der Waals surface area contributed by atoms with E-state index in [0.29, 0.717) is 29.8 Å². The van der Waals surface area contributed by atoms with Crippen LogP contribution in [0.5, 0.6) is 5.75 Å². The van der Waals surface area contributed by atoms with Crippen LogP contribution in [-0.2, 0) is 19.7 Å². The summed E-state index contributed by atoms with van der Waals surface area (Å²) in [7, 11) is 2.91. The number of nitrogens with zero attached hydrogens (tertiary/aromatic N) is 2. The lowest BCUT2D eigenvalue weighted by Crippen LogP contribution is -2.46. The van der Waals surface area contributed by atoms with E-state index < -0.39 is 22.3 Å². The summed E-state index contributed by atoms with van der Waals surface area (Å²) in [6.45, 7) is 6.51. The Balaban J connectivity index is 0.00000337. The fourth-order valence-corrected chi connectivity index (χ4v) is 6.48. The van der Waals surface area contributed by atoms with Crippen molar-refractivity contribution >= 4 is 42.4 Å². The molecular weight excluding hydrogens is 611 g/mol. The van der Waals surface area contributed by atoms with Gasteiger partial charge in [-0.25, -0.2) is 9.59 Å². The summed E-state index contributed by atoms with van der Waals surface area (Å²) in [6, 6.07) is 14.0. The van der Waals surface area contributed by atoms with Gasteiger partial charge >= 0.3 is 11.9 Å². The molecule has 0 bridgehead atoms. The SMILES string of the molecule is COC(=O)C1=C(C)NC(C)=C(C(=O)O)C1(CCCCN1CCNCC1c1ccccc1OC)c1cccc([N+](=O)[O-])c1.Cl.Cl. The summed E-state index contributed by atoms with van der Waals surface area (Å²) in [5.41, 5.74) is 0.753. The van der Waals surface area contributed by atoms with E-state index in [1.165, 1.54) is 25.3 Å². The van der Waals surface area contributed by atoms with Gasteiger partial charge in [0.2, 0.25) is 0 Å². The highest BCUT2D eigenvalue weighted by Crippen LogP contribution is 2.49. The number of benzene rings is 2. The first kappa shape index (κ1) is 36.6. The van der Waals surface area contributed by atoms with Gasteiger partial charge in [-0.15, -0.1) is 24.8 Å². The van der Waals surface area contributed by atoms with Crippen LogP contribution in [0.4, 0.5) is 5.69 Å². The molecule has 2 heterocycles. The van der Waals surface area contributed by atoms with Gasteiger partial charge in [0, 0.05) is 48.7 Å². The van der Waals surface area contributed by atoms with Gasteiger partial charge in [-0.2, -0.15) is 0 Å². The van der Waals surface area contributed by atoms with E-state index in [4.69, 9.17) is 9.47 Å². The number of dihydropyridines is 1. The maximum absolute atomic E-state index is 13.3. The van der Waals surface area contributed by atoms with Crippen LogP contribution in [0.1, 0.15) is 50.3 Å². The second kappa shape index (κ2) is 15.9. The Labute approximate surface area is 269 Å². The van der Waals surface area contributed by atoms with Gasteiger partial charge in [0.25, 0.3) is 5.69 Å². The summed E-state index contributed by atoms with van der Waals surface area (Å²) in [5, 5.41) is 28.7. The number of carbonyl (C=O) groups is 2. The van der Waals surface area contributed by atoms with Crippen molar-refractivity contribution in [3.63, 3.8) is 0 Å². The van der Waals surface area contributed by atoms with Crippen LogP contribution < -0.4 is 15.4 Å². The fraction of sp³-hybridized carbons (Fsp3) is 0.419. The zero-order chi connectivity index (χ0) is 30.4. The molecule has 0 radical (unpaired) electrons. The van der Waals surface area contributed by atoms with Crippen molar-refractivity contribution in [2.75, 3.05) is 40.4 Å². The molecule has 2 aliphatic rings. The van der Waals surface area contributed by atoms with Crippen molar-refractivity contribution in [2.45, 2.75) is 44.6 Å². The first-order valence-corrected chi connectivity index (χ1v) is 14.0. The van der Waals surface area contributed by atoms with Crippen molar-refractivity contribution in [3.8, 4) is 5.75 Å². The molecule has 1 saturated heterocycles. The predicted octanol–water partition coefficient (Wildman–Crippen LogP) is 4.91. The lowest BCUT2D eigenvalue weighted by Gasteiger charge is -2.42. The largest absolute Gasteiger partial charge is 0.496 e. The van der Waals surface area contributed by atoms with Crippen LogP contribution in [0.2, 0.25) is 0 Å². The minimum Gasteiger partial charge on any atom is -0.496 e. The monoisotopic (exact) mass is 650 g/mol. The van der Waals surface area contributed by atoms with Gasteiger partial charge < -0.3 is 25.2 Å². The van der Waals surface area contributed by atoms with Crippen LogP contribution in [-0.4, -0.2) is 67.3 Å². The molecule has 2 aromatic carbocycles. The molecule has 44 heavy (non-hydrogen) atoms. The molecule has 13 heteroatoms. The summed E-state index contributed by atoms with van der Waals surface area (Å²) >= 11 is 0. The number of carboxylic acid groups (broad SMARTS) is 1. The van der Waals surface area contributed by atoms with Crippen molar-refractivity contribution in [2.24, 2.45) is 0 Å². The zero-order valence-electron chi connectivity index (χ0n) is 25.3. The average molecular weight is 652 g/mol. The van der Waals surface area contributed by atoms with Crippen molar-refractivity contribution < 1.29 is 29.1 Å². The molecule has 0 aromatic heterocycles. The number of hydrogen-bond donors (Lipinski definition) is 3. The molecule has 0 amide bonds. The Bertz CT molecular complexity index is 1430. The van der Waals surface area contributed by atoms with E-state index in [1.807, 2.05) is 18.2 Å². The number of hydrogen-bond acceptors (Lipinski definition) is 9. The molecule has 1 fully saturated rings. The van der Waals surface area contributed by atoms with E-state index in [2.05, 4.69) is 21.6 Å². The summed E-state index contributed by atoms with van der Waals surface area (Å²) in [5.74, 6) is -1.07. The highest BCUT2D eigenvalue weighted by atomic mass is 35.5. The molecule has 2 atom stereocenters. The molecule has 11 nitrogen and oxygen atoms in total. The number of nitro benzene ring substituents is 1. The normalized spacial score (nSPS) is 20.1. The van der Waals surface area contributed by atoms with Crippen LogP contribution in [0.25, 0.3) is 0 Å². The van der Waals surface area contributed by atoms with E-state index in [-0.39, 0.29) is 54.1 Å². The number of nitrogens with one attached hydrogen (secondary N) is 2. The lowest BCUT2D eigenvalue weighted by atomic mass is 9.63. The minimum absolute atomic E-state index is 0. The number of methoxy groups -OCH3 is 2. The van der Waals surface area contributed by atoms with Crippen molar-refractivity contribution in [1.82, 2.24) is 15.5 Å². The standard InChI is InChI=1S/C31H38N4O7.2ClH/c1-20-27(29(36)37)31(28(21(2)33-20)30(38)42-4,22-10-9-11-23(18-22)35(39)40)14-7-8-16-34-17-15-32-19-25(34)24-12-5-6-13-26(24)41-3;;/h5-6,9-13,18,25,32-33H,7-8,14-17,19H2,1-4H3,(H,36,37);2*1H. The Morgan fingerprint density at radius 1 is 1.07 bits per heavy atom. The third kappa shape index (κ3) is 7.18. The number of piperazine rings is 1. The van der Waals surface area contributed by atoms with Crippen LogP contribution >= 0.6 is 24.8 Å². The number of carboxylic acids is 1. The number of unbranched alkanes of at least 4 members (excludes halogenated alkanes) is 1. The minimum atomic E-state index is -1.46.